The quantitative estimate of drug-likeness (QED) is 0.741. The smallest absolute Gasteiger partial charge is 0.388 e. The van der Waals surface area contributed by atoms with Gasteiger partial charge in [-0.25, -0.2) is 13.1 Å². The third kappa shape index (κ3) is 3.45. The van der Waals surface area contributed by atoms with Crippen molar-refractivity contribution in [3.63, 3.8) is 0 Å². The van der Waals surface area contributed by atoms with Crippen LogP contribution in [0.2, 0.25) is 10.0 Å². The summed E-state index contributed by atoms with van der Waals surface area (Å²) in [5.74, 6) is -0.350. The molecule has 11 heteroatoms. The van der Waals surface area contributed by atoms with Crippen LogP contribution in [0.4, 0.5) is 8.78 Å². The van der Waals surface area contributed by atoms with Gasteiger partial charge in [0.2, 0.25) is 5.88 Å². The second-order valence-corrected chi connectivity index (χ2v) is 7.37. The summed E-state index contributed by atoms with van der Waals surface area (Å²) in [6, 6.07) is 3.85. The molecule has 0 fully saturated rings. The summed E-state index contributed by atoms with van der Waals surface area (Å²) in [7, 11) is 2.54. The first-order chi connectivity index (χ1) is 10.1. The van der Waals surface area contributed by atoms with Crippen molar-refractivity contribution < 1.29 is 21.9 Å². The Morgan fingerprint density at radius 3 is 2.50 bits per heavy atom. The summed E-state index contributed by atoms with van der Waals surface area (Å²) < 4.78 is 52.8. The molecule has 0 aliphatic heterocycles. The largest absolute Gasteiger partial charge is 0.416 e. The van der Waals surface area contributed by atoms with Gasteiger partial charge in [-0.3, -0.25) is 0 Å². The first-order valence-corrected chi connectivity index (χ1v) is 8.59. The van der Waals surface area contributed by atoms with Crippen LogP contribution in [0.3, 0.4) is 0 Å². The monoisotopic (exact) mass is 390 g/mol. The molecule has 0 radical (unpaired) electrons. The maximum absolute atomic E-state index is 12.3. The van der Waals surface area contributed by atoms with Crippen molar-refractivity contribution in [2.75, 3.05) is 0 Å². The first-order valence-electron chi connectivity index (χ1n) is 5.53. The van der Waals surface area contributed by atoms with Crippen molar-refractivity contribution in [3.05, 3.63) is 28.2 Å². The van der Waals surface area contributed by atoms with Crippen molar-refractivity contribution in [2.24, 2.45) is 7.05 Å². The van der Waals surface area contributed by atoms with Crippen LogP contribution in [0, 0.1) is 0 Å². The highest BCUT2D eigenvalue weighted by molar-refractivity contribution is 8.13. The Kier molecular flexibility index (Phi) is 4.86. The Morgan fingerprint density at radius 1 is 1.32 bits per heavy atom. The van der Waals surface area contributed by atoms with Gasteiger partial charge in [-0.15, -0.1) is 0 Å². The van der Waals surface area contributed by atoms with Crippen LogP contribution < -0.4 is 4.74 Å². The third-order valence-corrected chi connectivity index (χ3v) is 4.75. The topological polar surface area (TPSA) is 61.2 Å². The van der Waals surface area contributed by atoms with E-state index in [9.17, 15) is 17.2 Å². The number of benzene rings is 1. The zero-order chi connectivity index (χ0) is 16.7. The minimum absolute atomic E-state index is 0.0538. The molecule has 0 spiro atoms. The van der Waals surface area contributed by atoms with Crippen LogP contribution in [-0.2, 0) is 16.1 Å². The molecule has 0 saturated heterocycles. The van der Waals surface area contributed by atoms with Gasteiger partial charge in [0.05, 0.1) is 5.02 Å². The van der Waals surface area contributed by atoms with Gasteiger partial charge in [0.15, 0.2) is 0 Å². The lowest BCUT2D eigenvalue weighted by molar-refractivity contribution is -0.0552. The fraction of sp³-hybridized carbons (Fsp3) is 0.182. The Bertz CT molecular complexity index is 824. The van der Waals surface area contributed by atoms with Crippen molar-refractivity contribution >= 4 is 42.9 Å². The third-order valence-electron chi connectivity index (χ3n) is 2.61. The summed E-state index contributed by atoms with van der Waals surface area (Å²) in [4.78, 5) is -0.341. The molecule has 0 N–H and O–H groups in total. The van der Waals surface area contributed by atoms with Crippen LogP contribution in [0.15, 0.2) is 23.1 Å². The molecule has 0 unspecified atom stereocenters. The Hall–Kier alpha value is -1.09. The second kappa shape index (κ2) is 6.19. The summed E-state index contributed by atoms with van der Waals surface area (Å²) in [5, 5.41) is 3.65. The van der Waals surface area contributed by atoms with Crippen molar-refractivity contribution in [1.29, 1.82) is 0 Å². The molecule has 0 aliphatic carbocycles. The molecule has 0 saturated carbocycles. The maximum Gasteiger partial charge on any atom is 0.388 e. The number of hydrogen-bond acceptors (Lipinski definition) is 4. The number of hydrogen-bond donors (Lipinski definition) is 0. The predicted molar refractivity (Wildman–Crippen MR) is 78.3 cm³/mol. The minimum atomic E-state index is -4.09. The van der Waals surface area contributed by atoms with E-state index in [1.165, 1.54) is 19.2 Å². The van der Waals surface area contributed by atoms with E-state index in [1.54, 1.807) is 0 Å². The lowest BCUT2D eigenvalue weighted by Crippen LogP contribution is -2.06. The molecule has 0 aliphatic rings. The van der Waals surface area contributed by atoms with Gasteiger partial charge in [-0.2, -0.15) is 13.9 Å². The van der Waals surface area contributed by atoms with E-state index in [-0.39, 0.29) is 32.1 Å². The van der Waals surface area contributed by atoms with E-state index >= 15 is 0 Å². The van der Waals surface area contributed by atoms with Crippen LogP contribution in [0.5, 0.6) is 5.88 Å². The molecule has 22 heavy (non-hydrogen) atoms. The van der Waals surface area contributed by atoms with Crippen LogP contribution in [0.25, 0.3) is 11.3 Å². The van der Waals surface area contributed by atoms with Crippen molar-refractivity contribution in [2.45, 2.75) is 11.5 Å². The van der Waals surface area contributed by atoms with Crippen molar-refractivity contribution in [1.82, 2.24) is 9.78 Å². The Balaban J connectivity index is 2.59. The summed E-state index contributed by atoms with van der Waals surface area (Å²) in [5.41, 5.74) is 0.284. The number of aryl methyl sites for hydroxylation is 1. The van der Waals surface area contributed by atoms with Gasteiger partial charge in [0.1, 0.15) is 15.6 Å². The van der Waals surface area contributed by atoms with E-state index in [2.05, 4.69) is 9.84 Å². The molecule has 0 amide bonds. The molecule has 0 atom stereocenters. The average molecular weight is 392 g/mol. The highest BCUT2D eigenvalue weighted by Crippen LogP contribution is 2.37. The van der Waals surface area contributed by atoms with Gasteiger partial charge in [0.25, 0.3) is 9.05 Å². The predicted octanol–water partition coefficient (Wildman–Crippen LogP) is 3.92. The first kappa shape index (κ1) is 17.3. The van der Waals surface area contributed by atoms with Gasteiger partial charge in [-0.05, 0) is 12.1 Å². The molecule has 1 aromatic carbocycles. The average Bonchev–Trinajstić information content (AvgIpc) is 2.65. The Labute approximate surface area is 138 Å². The molecule has 2 rings (SSSR count). The van der Waals surface area contributed by atoms with E-state index in [0.29, 0.717) is 0 Å². The zero-order valence-electron chi connectivity index (χ0n) is 10.7. The van der Waals surface area contributed by atoms with Gasteiger partial charge >= 0.3 is 6.61 Å². The molecule has 1 aromatic heterocycles. The van der Waals surface area contributed by atoms with E-state index < -0.39 is 15.7 Å². The SMILES string of the molecule is Cn1nc(-c2ccc(Cl)c(S(=O)(=O)Cl)c2)c(Cl)c1OC(F)F. The van der Waals surface area contributed by atoms with Gasteiger partial charge in [-0.1, -0.05) is 29.3 Å². The fourth-order valence-electron chi connectivity index (χ4n) is 1.72. The van der Waals surface area contributed by atoms with E-state index in [4.69, 9.17) is 33.9 Å². The molecule has 1 heterocycles. The standard InChI is InChI=1S/C11H7Cl3F2N2O3S/c1-18-10(21-11(15)16)8(13)9(17-18)5-2-3-6(12)7(4-5)22(14,19)20/h2-4,11H,1H3. The highest BCUT2D eigenvalue weighted by Gasteiger charge is 2.22. The normalized spacial score (nSPS) is 12.0. The number of nitrogens with zero attached hydrogens (tertiary/aromatic N) is 2. The van der Waals surface area contributed by atoms with Gasteiger partial charge < -0.3 is 4.74 Å². The number of aromatic nitrogens is 2. The lowest BCUT2D eigenvalue weighted by atomic mass is 10.1. The summed E-state index contributed by atoms with van der Waals surface area (Å²) in [6.07, 6.45) is 0. The van der Waals surface area contributed by atoms with Crippen LogP contribution in [0.1, 0.15) is 0 Å². The van der Waals surface area contributed by atoms with E-state index in [1.807, 2.05) is 0 Å². The maximum atomic E-state index is 12.3. The number of rotatable bonds is 4. The summed E-state index contributed by atoms with van der Waals surface area (Å²) >= 11 is 11.7. The minimum Gasteiger partial charge on any atom is -0.416 e. The Morgan fingerprint density at radius 2 is 1.95 bits per heavy atom. The molecule has 0 bridgehead atoms. The highest BCUT2D eigenvalue weighted by atomic mass is 35.7. The molecule has 5 nitrogen and oxygen atoms in total. The molecule has 120 valence electrons. The number of ether oxygens (including phenoxy) is 1. The zero-order valence-corrected chi connectivity index (χ0v) is 13.8. The molecular weight excluding hydrogens is 385 g/mol. The van der Waals surface area contributed by atoms with Crippen molar-refractivity contribution in [3.8, 4) is 17.1 Å². The number of halogens is 5. The number of alkyl halides is 2. The van der Waals surface area contributed by atoms with Gasteiger partial charge in [0, 0.05) is 23.3 Å². The molecule has 2 aromatic rings. The molecular formula is C11H7Cl3F2N2O3S. The van der Waals surface area contributed by atoms with E-state index in [0.717, 1.165) is 10.7 Å². The summed E-state index contributed by atoms with van der Waals surface area (Å²) in [6.45, 7) is -3.08. The fourth-order valence-corrected chi connectivity index (χ4v) is 3.52. The van der Waals surface area contributed by atoms with Crippen LogP contribution >= 0.6 is 33.9 Å². The van der Waals surface area contributed by atoms with Crippen LogP contribution in [-0.4, -0.2) is 24.8 Å². The second-order valence-electron chi connectivity index (χ2n) is 4.05. The lowest BCUT2D eigenvalue weighted by Gasteiger charge is -2.04.